The van der Waals surface area contributed by atoms with Crippen LogP contribution in [-0.2, 0) is 0 Å². The summed E-state index contributed by atoms with van der Waals surface area (Å²) in [5.74, 6) is -0.293. The maximum absolute atomic E-state index is 11.4. The van der Waals surface area contributed by atoms with Crippen molar-refractivity contribution in [2.24, 2.45) is 0 Å². The predicted octanol–water partition coefficient (Wildman–Crippen LogP) is 2.54. The first-order valence-corrected chi connectivity index (χ1v) is 4.25. The molecule has 0 saturated carbocycles. The summed E-state index contributed by atoms with van der Waals surface area (Å²) in [7, 11) is 0. The highest BCUT2D eigenvalue weighted by atomic mass is 35.5. The first-order valence-electron chi connectivity index (χ1n) is 3.50. The van der Waals surface area contributed by atoms with Crippen LogP contribution in [-0.4, -0.2) is 15.8 Å². The molecular formula is C8H6Cl2N2O. The van der Waals surface area contributed by atoms with E-state index in [2.05, 4.69) is 9.97 Å². The third-order valence-electron chi connectivity index (χ3n) is 1.32. The number of hydrogen-bond donors (Lipinski definition) is 0. The van der Waals surface area contributed by atoms with Crippen LogP contribution in [0.4, 0.5) is 0 Å². The lowest BCUT2D eigenvalue weighted by molar-refractivity contribution is 0.104. The smallest absolute Gasteiger partial charge is 0.191 e. The van der Waals surface area contributed by atoms with Crippen LogP contribution in [0.5, 0.6) is 0 Å². The summed E-state index contributed by atoms with van der Waals surface area (Å²) in [5, 5.41) is 0.145. The lowest BCUT2D eigenvalue weighted by Crippen LogP contribution is -2.00. The van der Waals surface area contributed by atoms with Crippen LogP contribution in [0.15, 0.2) is 18.5 Å². The van der Waals surface area contributed by atoms with Crippen LogP contribution in [0.3, 0.4) is 0 Å². The number of halogens is 2. The number of carbonyl (C=O) groups excluding carboxylic acids is 1. The molecule has 0 atom stereocenters. The van der Waals surface area contributed by atoms with Gasteiger partial charge in [-0.15, -0.1) is 0 Å². The largest absolute Gasteiger partial charge is 0.289 e. The molecule has 13 heavy (non-hydrogen) atoms. The number of ketones is 1. The first kappa shape index (κ1) is 10.2. The molecule has 1 aromatic heterocycles. The molecular weight excluding hydrogens is 211 g/mol. The Morgan fingerprint density at radius 3 is 2.38 bits per heavy atom. The highest BCUT2D eigenvalue weighted by molar-refractivity contribution is 6.39. The van der Waals surface area contributed by atoms with Gasteiger partial charge in [0.2, 0.25) is 0 Å². The summed E-state index contributed by atoms with van der Waals surface area (Å²) in [6.07, 6.45) is 4.16. The lowest BCUT2D eigenvalue weighted by Gasteiger charge is -1.99. The van der Waals surface area contributed by atoms with Gasteiger partial charge in [0, 0.05) is 0 Å². The summed E-state index contributed by atoms with van der Waals surface area (Å²) < 4.78 is 0. The van der Waals surface area contributed by atoms with E-state index in [0.29, 0.717) is 0 Å². The number of aromatic nitrogens is 2. The minimum atomic E-state index is -0.293. The molecule has 0 fully saturated rings. The van der Waals surface area contributed by atoms with E-state index < -0.39 is 0 Å². The molecule has 1 rings (SSSR count). The zero-order valence-corrected chi connectivity index (χ0v) is 8.30. The van der Waals surface area contributed by atoms with Crippen molar-refractivity contribution < 1.29 is 4.79 Å². The van der Waals surface area contributed by atoms with Gasteiger partial charge in [0.1, 0.15) is 16.6 Å². The van der Waals surface area contributed by atoms with Gasteiger partial charge in [0.15, 0.2) is 5.78 Å². The Kier molecular flexibility index (Phi) is 3.39. The van der Waals surface area contributed by atoms with E-state index >= 15 is 0 Å². The topological polar surface area (TPSA) is 42.9 Å². The van der Waals surface area contributed by atoms with Crippen molar-refractivity contribution in [3.63, 3.8) is 0 Å². The molecule has 0 amide bonds. The fourth-order valence-corrected chi connectivity index (χ4v) is 1.28. The van der Waals surface area contributed by atoms with Crippen molar-refractivity contribution in [2.45, 2.75) is 6.92 Å². The molecule has 0 aliphatic heterocycles. The second-order valence-corrected chi connectivity index (χ2v) is 2.91. The van der Waals surface area contributed by atoms with Crippen LogP contribution in [0.1, 0.15) is 17.3 Å². The molecule has 0 N–H and O–H groups in total. The zero-order valence-electron chi connectivity index (χ0n) is 6.79. The predicted molar refractivity (Wildman–Crippen MR) is 51.2 cm³/mol. The molecule has 0 aliphatic rings. The molecule has 68 valence electrons. The first-order chi connectivity index (χ1) is 6.16. The van der Waals surface area contributed by atoms with E-state index in [-0.39, 0.29) is 21.7 Å². The van der Waals surface area contributed by atoms with Gasteiger partial charge < -0.3 is 0 Å². The van der Waals surface area contributed by atoms with Crippen molar-refractivity contribution in [3.05, 3.63) is 34.3 Å². The fraction of sp³-hybridized carbons (Fsp3) is 0.125. The summed E-state index contributed by atoms with van der Waals surface area (Å²) in [4.78, 5) is 18.7. The Morgan fingerprint density at radius 2 is 1.92 bits per heavy atom. The van der Waals surface area contributed by atoms with Crippen molar-refractivity contribution in [2.75, 3.05) is 0 Å². The van der Waals surface area contributed by atoms with Gasteiger partial charge in [-0.2, -0.15) is 0 Å². The zero-order chi connectivity index (χ0) is 9.84. The van der Waals surface area contributed by atoms with Crippen LogP contribution in [0.2, 0.25) is 10.3 Å². The van der Waals surface area contributed by atoms with Gasteiger partial charge >= 0.3 is 0 Å². The number of hydrogen-bond acceptors (Lipinski definition) is 3. The monoisotopic (exact) mass is 216 g/mol. The summed E-state index contributed by atoms with van der Waals surface area (Å²) >= 11 is 11.3. The van der Waals surface area contributed by atoms with E-state index in [1.54, 1.807) is 13.0 Å². The maximum Gasteiger partial charge on any atom is 0.191 e. The molecule has 5 heteroatoms. The molecule has 0 unspecified atom stereocenters. The van der Waals surface area contributed by atoms with Crippen molar-refractivity contribution in [1.82, 2.24) is 9.97 Å². The molecule has 1 heterocycles. The van der Waals surface area contributed by atoms with E-state index in [0.717, 1.165) is 0 Å². The number of allylic oxidation sites excluding steroid dienone is 2. The molecule has 0 bridgehead atoms. The third-order valence-corrected chi connectivity index (χ3v) is 1.89. The SMILES string of the molecule is C/C=C\C(=O)c1c(Cl)ncnc1Cl. The molecule has 1 aromatic rings. The van der Waals surface area contributed by atoms with Crippen molar-refractivity contribution in [3.8, 4) is 0 Å². The van der Waals surface area contributed by atoms with Gasteiger partial charge in [-0.3, -0.25) is 4.79 Å². The highest BCUT2D eigenvalue weighted by Crippen LogP contribution is 2.20. The maximum atomic E-state index is 11.4. The van der Waals surface area contributed by atoms with Gasteiger partial charge in [-0.25, -0.2) is 9.97 Å². The van der Waals surface area contributed by atoms with Crippen LogP contribution in [0, 0.1) is 0 Å². The second-order valence-electron chi connectivity index (χ2n) is 2.19. The van der Waals surface area contributed by atoms with Crippen molar-refractivity contribution >= 4 is 29.0 Å². The third kappa shape index (κ3) is 2.26. The number of carbonyl (C=O) groups is 1. The molecule has 0 radical (unpaired) electrons. The van der Waals surface area contributed by atoms with Gasteiger partial charge in [-0.1, -0.05) is 29.3 Å². The van der Waals surface area contributed by atoms with E-state index in [1.165, 1.54) is 12.4 Å². The van der Waals surface area contributed by atoms with Crippen molar-refractivity contribution in [1.29, 1.82) is 0 Å². The Labute approximate surface area is 85.4 Å². The van der Waals surface area contributed by atoms with Crippen LogP contribution >= 0.6 is 23.2 Å². The number of rotatable bonds is 2. The lowest BCUT2D eigenvalue weighted by atomic mass is 10.2. The molecule has 0 aliphatic carbocycles. The van der Waals surface area contributed by atoms with E-state index in [1.807, 2.05) is 0 Å². The summed E-state index contributed by atoms with van der Waals surface area (Å²) in [6.45, 7) is 1.73. The van der Waals surface area contributed by atoms with Crippen LogP contribution < -0.4 is 0 Å². The molecule has 3 nitrogen and oxygen atoms in total. The fourth-order valence-electron chi connectivity index (χ4n) is 0.782. The van der Waals surface area contributed by atoms with Crippen LogP contribution in [0.25, 0.3) is 0 Å². The Hall–Kier alpha value is -0.930. The van der Waals surface area contributed by atoms with E-state index in [4.69, 9.17) is 23.2 Å². The Balaban J connectivity index is 3.20. The van der Waals surface area contributed by atoms with Gasteiger partial charge in [0.05, 0.1) is 5.56 Å². The van der Waals surface area contributed by atoms with Gasteiger partial charge in [-0.05, 0) is 13.0 Å². The minimum Gasteiger partial charge on any atom is -0.289 e. The standard InChI is InChI=1S/C8H6Cl2N2O/c1-2-3-5(13)6-7(9)11-4-12-8(6)10/h2-4H,1H3/b3-2-. The quantitative estimate of drug-likeness (QED) is 0.434. The number of nitrogens with zero attached hydrogens (tertiary/aromatic N) is 2. The molecule has 0 spiro atoms. The normalized spacial score (nSPS) is 10.7. The second kappa shape index (κ2) is 4.35. The van der Waals surface area contributed by atoms with E-state index in [9.17, 15) is 4.79 Å². The van der Waals surface area contributed by atoms with Gasteiger partial charge in [0.25, 0.3) is 0 Å². The Bertz CT molecular complexity index is 343. The molecule has 0 saturated heterocycles. The molecule has 0 aromatic carbocycles. The highest BCUT2D eigenvalue weighted by Gasteiger charge is 2.13. The summed E-state index contributed by atoms with van der Waals surface area (Å²) in [6, 6.07) is 0. The minimum absolute atomic E-state index is 0.0723. The average molecular weight is 217 g/mol. The Morgan fingerprint density at radius 1 is 1.38 bits per heavy atom. The summed E-state index contributed by atoms with van der Waals surface area (Å²) in [5.41, 5.74) is 0.143. The average Bonchev–Trinajstić information content (AvgIpc) is 2.04.